The van der Waals surface area contributed by atoms with E-state index in [4.69, 9.17) is 10.7 Å². The SMILES string of the molecule is CC#CCn1c(N2CCCC(N)C2)nc2cnn(Cc3cn(C)c(=O)c4ccccc34)c(=O)c21. The van der Waals surface area contributed by atoms with Crippen molar-refractivity contribution in [3.05, 3.63) is 62.9 Å². The van der Waals surface area contributed by atoms with E-state index in [1.807, 2.05) is 22.8 Å². The van der Waals surface area contributed by atoms with Crippen LogP contribution in [0, 0.1) is 11.8 Å². The number of aryl methyl sites for hydroxylation is 1. The first-order valence-corrected chi connectivity index (χ1v) is 11.4. The Labute approximate surface area is 196 Å². The van der Waals surface area contributed by atoms with Gasteiger partial charge in [0.05, 0.1) is 19.3 Å². The Balaban J connectivity index is 1.64. The van der Waals surface area contributed by atoms with Gasteiger partial charge in [-0.05, 0) is 36.8 Å². The summed E-state index contributed by atoms with van der Waals surface area (Å²) < 4.78 is 4.85. The number of nitrogens with two attached hydrogens (primary N) is 1. The number of anilines is 1. The average molecular weight is 458 g/mol. The minimum atomic E-state index is -0.242. The lowest BCUT2D eigenvalue weighted by molar-refractivity contribution is 0.496. The molecule has 174 valence electrons. The molecule has 0 spiro atoms. The number of hydrogen-bond donors (Lipinski definition) is 1. The highest BCUT2D eigenvalue weighted by atomic mass is 16.1. The maximum Gasteiger partial charge on any atom is 0.293 e. The van der Waals surface area contributed by atoms with E-state index in [-0.39, 0.29) is 23.7 Å². The second-order valence-electron chi connectivity index (χ2n) is 8.73. The lowest BCUT2D eigenvalue weighted by Crippen LogP contribution is -2.44. The van der Waals surface area contributed by atoms with E-state index in [0.29, 0.717) is 35.5 Å². The summed E-state index contributed by atoms with van der Waals surface area (Å²) in [5.41, 5.74) is 7.74. The van der Waals surface area contributed by atoms with Gasteiger partial charge in [0.2, 0.25) is 5.95 Å². The maximum absolute atomic E-state index is 13.6. The molecule has 4 heterocycles. The molecule has 4 aromatic rings. The van der Waals surface area contributed by atoms with Crippen molar-refractivity contribution in [3.8, 4) is 11.8 Å². The molecule has 9 heteroatoms. The largest absolute Gasteiger partial charge is 0.341 e. The molecule has 0 saturated carbocycles. The number of pyridine rings is 1. The third kappa shape index (κ3) is 3.76. The van der Waals surface area contributed by atoms with Crippen LogP contribution in [0.3, 0.4) is 0 Å². The number of rotatable bonds is 4. The predicted octanol–water partition coefficient (Wildman–Crippen LogP) is 1.44. The molecule has 3 aromatic heterocycles. The van der Waals surface area contributed by atoms with Gasteiger partial charge in [0.15, 0.2) is 0 Å². The number of imidazole rings is 1. The van der Waals surface area contributed by atoms with Gasteiger partial charge in [-0.3, -0.25) is 14.2 Å². The zero-order valence-electron chi connectivity index (χ0n) is 19.4. The summed E-state index contributed by atoms with van der Waals surface area (Å²) in [6.07, 6.45) is 5.35. The molecular weight excluding hydrogens is 430 g/mol. The normalized spacial score (nSPS) is 16.1. The minimum absolute atomic E-state index is 0.0734. The fraction of sp³-hybridized carbons (Fsp3) is 0.360. The van der Waals surface area contributed by atoms with Gasteiger partial charge in [0.1, 0.15) is 11.0 Å². The Kier molecular flexibility index (Phi) is 5.67. The van der Waals surface area contributed by atoms with Crippen LogP contribution < -0.4 is 21.8 Å². The number of benzene rings is 1. The molecule has 1 aliphatic heterocycles. The van der Waals surface area contributed by atoms with Crippen LogP contribution in [-0.4, -0.2) is 43.0 Å². The van der Waals surface area contributed by atoms with Crippen LogP contribution in [0.1, 0.15) is 25.3 Å². The van der Waals surface area contributed by atoms with E-state index in [2.05, 4.69) is 21.8 Å². The van der Waals surface area contributed by atoms with Crippen LogP contribution in [0.25, 0.3) is 21.8 Å². The number of fused-ring (bicyclic) bond motifs is 2. The highest BCUT2D eigenvalue weighted by molar-refractivity contribution is 5.84. The molecule has 1 saturated heterocycles. The Bertz CT molecular complexity index is 1570. The van der Waals surface area contributed by atoms with Crippen LogP contribution in [0.5, 0.6) is 0 Å². The molecule has 34 heavy (non-hydrogen) atoms. The smallest absolute Gasteiger partial charge is 0.293 e. The molecule has 0 amide bonds. The lowest BCUT2D eigenvalue weighted by Gasteiger charge is -2.31. The van der Waals surface area contributed by atoms with Crippen LogP contribution >= 0.6 is 0 Å². The number of hydrogen-bond acceptors (Lipinski definition) is 6. The van der Waals surface area contributed by atoms with Gasteiger partial charge in [-0.15, -0.1) is 5.92 Å². The summed E-state index contributed by atoms with van der Waals surface area (Å²) in [5.74, 6) is 6.70. The summed E-state index contributed by atoms with van der Waals surface area (Å²) in [4.78, 5) is 33.1. The Morgan fingerprint density at radius 3 is 2.74 bits per heavy atom. The first-order chi connectivity index (χ1) is 16.5. The fourth-order valence-electron chi connectivity index (χ4n) is 4.72. The zero-order valence-corrected chi connectivity index (χ0v) is 19.4. The summed E-state index contributed by atoms with van der Waals surface area (Å²) >= 11 is 0. The highest BCUT2D eigenvalue weighted by Gasteiger charge is 2.24. The van der Waals surface area contributed by atoms with Crippen LogP contribution in [0.4, 0.5) is 5.95 Å². The quantitative estimate of drug-likeness (QED) is 0.465. The Morgan fingerprint density at radius 1 is 1.18 bits per heavy atom. The third-order valence-electron chi connectivity index (χ3n) is 6.38. The minimum Gasteiger partial charge on any atom is -0.341 e. The third-order valence-corrected chi connectivity index (χ3v) is 6.38. The first kappa shape index (κ1) is 21.9. The van der Waals surface area contributed by atoms with Crippen molar-refractivity contribution in [1.29, 1.82) is 0 Å². The van der Waals surface area contributed by atoms with Gasteiger partial charge in [0.25, 0.3) is 11.1 Å². The van der Waals surface area contributed by atoms with Crippen LogP contribution in [0.2, 0.25) is 0 Å². The van der Waals surface area contributed by atoms with Crippen molar-refractivity contribution in [1.82, 2.24) is 23.9 Å². The monoisotopic (exact) mass is 457 g/mol. The second-order valence-corrected chi connectivity index (χ2v) is 8.73. The number of aromatic nitrogens is 5. The van der Waals surface area contributed by atoms with Gasteiger partial charge < -0.3 is 15.2 Å². The Morgan fingerprint density at radius 2 is 1.97 bits per heavy atom. The number of nitrogens with zero attached hydrogens (tertiary/aromatic N) is 6. The molecule has 1 aromatic carbocycles. The topological polar surface area (TPSA) is 104 Å². The molecule has 2 N–H and O–H groups in total. The van der Waals surface area contributed by atoms with Crippen LogP contribution in [0.15, 0.2) is 46.2 Å². The lowest BCUT2D eigenvalue weighted by atomic mass is 10.1. The van der Waals surface area contributed by atoms with Crippen molar-refractivity contribution in [3.63, 3.8) is 0 Å². The molecule has 1 atom stereocenters. The van der Waals surface area contributed by atoms with E-state index in [9.17, 15) is 9.59 Å². The van der Waals surface area contributed by atoms with Crippen molar-refractivity contribution in [2.75, 3.05) is 18.0 Å². The fourth-order valence-corrected chi connectivity index (χ4v) is 4.72. The highest BCUT2D eigenvalue weighted by Crippen LogP contribution is 2.23. The summed E-state index contributed by atoms with van der Waals surface area (Å²) in [7, 11) is 1.71. The van der Waals surface area contributed by atoms with Gasteiger partial charge in [-0.2, -0.15) is 5.10 Å². The molecule has 5 rings (SSSR count). The molecule has 0 aliphatic carbocycles. The molecule has 1 aliphatic rings. The van der Waals surface area contributed by atoms with E-state index in [0.717, 1.165) is 30.3 Å². The van der Waals surface area contributed by atoms with Crippen molar-refractivity contribution in [2.45, 2.75) is 38.9 Å². The molecular formula is C25H27N7O2. The standard InChI is InChI=1S/C25H27N7O2/c1-3-4-12-31-22-21(28-25(31)30-11-7-8-18(26)16-30)13-27-32(24(22)34)15-17-14-29(2)23(33)20-10-6-5-9-19(17)20/h5-6,9-10,13-14,18H,7-8,11-12,15-16,26H2,1-2H3. The van der Waals surface area contributed by atoms with Crippen molar-refractivity contribution in [2.24, 2.45) is 12.8 Å². The molecule has 0 radical (unpaired) electrons. The predicted molar refractivity (Wildman–Crippen MR) is 133 cm³/mol. The molecule has 0 bridgehead atoms. The summed E-state index contributed by atoms with van der Waals surface area (Å²) in [6, 6.07) is 7.50. The molecule has 9 nitrogen and oxygen atoms in total. The van der Waals surface area contributed by atoms with E-state index in [1.165, 1.54) is 4.68 Å². The summed E-state index contributed by atoms with van der Waals surface area (Å²) in [5, 5.41) is 5.84. The maximum atomic E-state index is 13.6. The Hall–Kier alpha value is -3.90. The molecule has 1 fully saturated rings. The zero-order chi connectivity index (χ0) is 23.8. The first-order valence-electron chi connectivity index (χ1n) is 11.4. The van der Waals surface area contributed by atoms with E-state index >= 15 is 0 Å². The van der Waals surface area contributed by atoms with E-state index < -0.39 is 0 Å². The van der Waals surface area contributed by atoms with Crippen molar-refractivity contribution < 1.29 is 0 Å². The van der Waals surface area contributed by atoms with E-state index in [1.54, 1.807) is 37.0 Å². The van der Waals surface area contributed by atoms with Gasteiger partial charge >= 0.3 is 0 Å². The number of piperidine rings is 1. The van der Waals surface area contributed by atoms with Gasteiger partial charge in [0, 0.05) is 37.8 Å². The second kappa shape index (κ2) is 8.80. The van der Waals surface area contributed by atoms with Gasteiger partial charge in [-0.25, -0.2) is 9.67 Å². The summed E-state index contributed by atoms with van der Waals surface area (Å²) in [6.45, 7) is 3.89. The van der Waals surface area contributed by atoms with Gasteiger partial charge in [-0.1, -0.05) is 24.1 Å². The molecule has 1 unspecified atom stereocenters. The average Bonchev–Trinajstić information content (AvgIpc) is 3.22. The van der Waals surface area contributed by atoms with Crippen LogP contribution in [-0.2, 0) is 20.1 Å². The van der Waals surface area contributed by atoms with Crippen molar-refractivity contribution >= 4 is 27.8 Å².